The lowest BCUT2D eigenvalue weighted by molar-refractivity contribution is -0.140. The summed E-state index contributed by atoms with van der Waals surface area (Å²) < 4.78 is 22.9. The number of hydrogen-bond acceptors (Lipinski definition) is 11. The van der Waals surface area contributed by atoms with Crippen molar-refractivity contribution in [2.45, 2.75) is 32.6 Å². The van der Waals surface area contributed by atoms with Crippen molar-refractivity contribution < 1.29 is 33.1 Å². The zero-order valence-corrected chi connectivity index (χ0v) is 25.5. The van der Waals surface area contributed by atoms with E-state index in [1.165, 1.54) is 13.4 Å². The van der Waals surface area contributed by atoms with Gasteiger partial charge in [0.15, 0.2) is 17.3 Å². The van der Waals surface area contributed by atoms with Crippen molar-refractivity contribution in [1.82, 2.24) is 20.0 Å². The zero-order chi connectivity index (χ0) is 31.3. The lowest BCUT2D eigenvalue weighted by Gasteiger charge is -2.25. The quantitative estimate of drug-likeness (QED) is 0.177. The predicted octanol–water partition coefficient (Wildman–Crippen LogP) is 5.23. The summed E-state index contributed by atoms with van der Waals surface area (Å²) in [4.78, 5) is 46.5. The maximum Gasteiger partial charge on any atom is 0.324 e. The van der Waals surface area contributed by atoms with E-state index >= 15 is 0 Å². The normalized spacial score (nSPS) is 13.6. The summed E-state index contributed by atoms with van der Waals surface area (Å²) >= 11 is 1.05. The number of carbonyl (C=O) groups excluding carboxylic acids is 3. The molecule has 1 aliphatic heterocycles. The number of fused-ring (bicyclic) bond motifs is 1. The van der Waals surface area contributed by atoms with Crippen LogP contribution in [0.15, 0.2) is 53.3 Å². The Bertz CT molecular complexity index is 1690. The maximum atomic E-state index is 12.6. The number of amides is 3. The Morgan fingerprint density at radius 3 is 2.70 bits per heavy atom. The smallest absolute Gasteiger partial charge is 0.324 e. The van der Waals surface area contributed by atoms with E-state index < -0.39 is 17.1 Å². The molecule has 0 radical (unpaired) electrons. The van der Waals surface area contributed by atoms with Crippen molar-refractivity contribution in [3.05, 3.63) is 54.6 Å². The molecule has 0 atom stereocenters. The molecular formula is C30H32N6O7S. The molecule has 4 aromatic rings. The number of thioether (sulfide) groups is 1. The molecule has 2 aromatic heterocycles. The van der Waals surface area contributed by atoms with E-state index in [1.54, 1.807) is 47.4 Å². The third kappa shape index (κ3) is 7.37. The summed E-state index contributed by atoms with van der Waals surface area (Å²) in [5, 5.41) is 9.47. The number of aromatic nitrogens is 3. The lowest BCUT2D eigenvalue weighted by atomic mass is 9.93. The van der Waals surface area contributed by atoms with Crippen LogP contribution in [0.1, 0.15) is 33.0 Å². The first kappa shape index (κ1) is 30.6. The summed E-state index contributed by atoms with van der Waals surface area (Å²) in [6.07, 6.45) is 1.91. The van der Waals surface area contributed by atoms with Crippen LogP contribution in [0.25, 0.3) is 10.9 Å². The molecule has 0 bridgehead atoms. The first-order valence-electron chi connectivity index (χ1n) is 13.9. The minimum absolute atomic E-state index is 0.241. The van der Waals surface area contributed by atoms with Crippen LogP contribution in [-0.2, 0) is 15.0 Å². The average Bonchev–Trinajstić information content (AvgIpc) is 3.46. The van der Waals surface area contributed by atoms with Crippen LogP contribution < -0.4 is 24.8 Å². The van der Waals surface area contributed by atoms with Gasteiger partial charge >= 0.3 is 11.9 Å². The van der Waals surface area contributed by atoms with Crippen molar-refractivity contribution >= 4 is 51.2 Å². The van der Waals surface area contributed by atoms with E-state index in [2.05, 4.69) is 25.8 Å². The molecule has 0 unspecified atom stereocenters. The van der Waals surface area contributed by atoms with Gasteiger partial charge in [0.25, 0.3) is 5.12 Å². The lowest BCUT2D eigenvalue weighted by Crippen LogP contribution is -2.42. The van der Waals surface area contributed by atoms with Crippen molar-refractivity contribution in [3.63, 3.8) is 0 Å². The molecular weight excluding hydrogens is 588 g/mol. The first-order valence-corrected chi connectivity index (χ1v) is 14.8. The molecule has 13 nitrogen and oxygen atoms in total. The van der Waals surface area contributed by atoms with E-state index in [0.717, 1.165) is 11.8 Å². The number of ether oxygens (including phenoxy) is 3. The minimum Gasteiger partial charge on any atom is -0.493 e. The fourth-order valence-electron chi connectivity index (χ4n) is 4.30. The van der Waals surface area contributed by atoms with Gasteiger partial charge in [-0.1, -0.05) is 43.8 Å². The van der Waals surface area contributed by atoms with E-state index in [4.69, 9.17) is 18.7 Å². The molecule has 5 rings (SSSR count). The number of benzene rings is 2. The monoisotopic (exact) mass is 620 g/mol. The molecule has 0 saturated carbocycles. The highest BCUT2D eigenvalue weighted by molar-refractivity contribution is 8.15. The molecule has 0 spiro atoms. The number of carbonyl (C=O) groups is 3. The van der Waals surface area contributed by atoms with Gasteiger partial charge in [-0.05, 0) is 24.6 Å². The van der Waals surface area contributed by atoms with Crippen molar-refractivity contribution in [2.75, 3.05) is 43.2 Å². The second kappa shape index (κ2) is 13.2. The molecule has 1 aliphatic rings. The number of rotatable bonds is 10. The third-order valence-corrected chi connectivity index (χ3v) is 7.39. The summed E-state index contributed by atoms with van der Waals surface area (Å²) in [6, 6.07) is 11.5. The highest BCUT2D eigenvalue weighted by Crippen LogP contribution is 2.36. The predicted molar refractivity (Wildman–Crippen MR) is 165 cm³/mol. The number of nitrogens with zero attached hydrogens (tertiary/aromatic N) is 4. The van der Waals surface area contributed by atoms with Gasteiger partial charge in [0.1, 0.15) is 17.8 Å². The van der Waals surface area contributed by atoms with Crippen LogP contribution >= 0.6 is 11.8 Å². The molecule has 44 heavy (non-hydrogen) atoms. The Balaban J connectivity index is 1.25. The van der Waals surface area contributed by atoms with Crippen LogP contribution in [-0.4, -0.2) is 69.6 Å². The van der Waals surface area contributed by atoms with E-state index in [-0.39, 0.29) is 11.3 Å². The highest BCUT2D eigenvalue weighted by atomic mass is 32.2. The molecule has 2 N–H and O–H groups in total. The Morgan fingerprint density at radius 1 is 1.09 bits per heavy atom. The van der Waals surface area contributed by atoms with Gasteiger partial charge in [-0.3, -0.25) is 14.9 Å². The molecule has 0 aliphatic carbocycles. The molecule has 14 heteroatoms. The van der Waals surface area contributed by atoms with Gasteiger partial charge in [0.2, 0.25) is 5.88 Å². The number of hydrogen-bond donors (Lipinski definition) is 2. The Hall–Kier alpha value is -4.85. The van der Waals surface area contributed by atoms with Crippen molar-refractivity contribution in [1.29, 1.82) is 0 Å². The minimum atomic E-state index is -0.493. The number of nitrogens with one attached hydrogen (secondary N) is 2. The molecule has 3 amide bonds. The average molecular weight is 621 g/mol. The van der Waals surface area contributed by atoms with Crippen molar-refractivity contribution in [3.8, 4) is 23.1 Å². The van der Waals surface area contributed by atoms with E-state index in [0.29, 0.717) is 77.3 Å². The fraction of sp³-hybridized carbons (Fsp3) is 0.333. The highest BCUT2D eigenvalue weighted by Gasteiger charge is 2.26. The van der Waals surface area contributed by atoms with Crippen LogP contribution in [0.3, 0.4) is 0 Å². The Kier molecular flexibility index (Phi) is 9.18. The topological polar surface area (TPSA) is 158 Å². The van der Waals surface area contributed by atoms with Crippen LogP contribution in [0.2, 0.25) is 0 Å². The second-order valence-electron chi connectivity index (χ2n) is 10.9. The summed E-state index contributed by atoms with van der Waals surface area (Å²) in [7, 11) is 1.53. The number of methoxy groups -OCH3 is 1. The first-order chi connectivity index (χ1) is 21.1. The van der Waals surface area contributed by atoms with Gasteiger partial charge < -0.3 is 29.0 Å². The zero-order valence-electron chi connectivity index (χ0n) is 24.7. The van der Waals surface area contributed by atoms with Crippen LogP contribution in [0, 0.1) is 0 Å². The maximum absolute atomic E-state index is 12.6. The van der Waals surface area contributed by atoms with E-state index in [1.807, 2.05) is 20.8 Å². The Morgan fingerprint density at radius 2 is 1.93 bits per heavy atom. The van der Waals surface area contributed by atoms with Gasteiger partial charge in [-0.2, -0.15) is 0 Å². The Labute approximate surface area is 257 Å². The SMILES string of the molecule is COc1cc2ncnc(Oc3cccc(NC(=O)Nc4cc(C(C)(C)C)on4)c3)c2cc1OCCCN1CCSC(=O)C1=O. The molecule has 2 aromatic carbocycles. The standard InChI is InChI=1S/C30H32N6O7S/c1-30(2,3)24-16-25(35-43-24)34-29(39)33-18-7-5-8-19(13-18)42-26-20-14-23(22(40-4)15-21(20)31-17-32-26)41-11-6-9-36-10-12-44-28(38)27(36)37/h5,7-8,13-17H,6,9-12H2,1-4H3,(H2,33,34,35,39). The van der Waals surface area contributed by atoms with Crippen LogP contribution in [0.5, 0.6) is 23.1 Å². The summed E-state index contributed by atoms with van der Waals surface area (Å²) in [6.45, 7) is 7.20. The summed E-state index contributed by atoms with van der Waals surface area (Å²) in [5.41, 5.74) is 0.815. The molecule has 3 heterocycles. The fourth-order valence-corrected chi connectivity index (χ4v) is 5.05. The van der Waals surface area contributed by atoms with Gasteiger partial charge in [0.05, 0.1) is 24.6 Å². The summed E-state index contributed by atoms with van der Waals surface area (Å²) in [5.74, 6) is 2.71. The second-order valence-corrected chi connectivity index (χ2v) is 11.9. The molecule has 230 valence electrons. The number of anilines is 2. The van der Waals surface area contributed by atoms with Gasteiger partial charge in [-0.25, -0.2) is 14.8 Å². The van der Waals surface area contributed by atoms with Crippen molar-refractivity contribution in [2.24, 2.45) is 0 Å². The van der Waals surface area contributed by atoms with E-state index in [9.17, 15) is 14.4 Å². The molecule has 1 fully saturated rings. The van der Waals surface area contributed by atoms with Crippen LogP contribution in [0.4, 0.5) is 16.3 Å². The van der Waals surface area contributed by atoms with Gasteiger partial charge in [-0.15, -0.1) is 0 Å². The van der Waals surface area contributed by atoms with Gasteiger partial charge in [0, 0.05) is 48.1 Å². The third-order valence-electron chi connectivity index (χ3n) is 6.57. The molecule has 1 saturated heterocycles. The largest absolute Gasteiger partial charge is 0.493 e. The number of urea groups is 1.